The number of rotatable bonds is 1. The summed E-state index contributed by atoms with van der Waals surface area (Å²) in [5.74, 6) is -2.07. The molecule has 0 aromatic rings. The minimum atomic E-state index is -3.44. The van der Waals surface area contributed by atoms with Crippen molar-refractivity contribution in [3.05, 3.63) is 0 Å². The second kappa shape index (κ2) is 4.75. The lowest BCUT2D eigenvalue weighted by Crippen LogP contribution is -2.53. The zero-order valence-electron chi connectivity index (χ0n) is 10.5. The van der Waals surface area contributed by atoms with Crippen molar-refractivity contribution < 1.29 is 27.9 Å². The molecule has 18 heavy (non-hydrogen) atoms. The molecule has 0 aromatic heterocycles. The molecular weight excluding hydrogens is 262 g/mol. The molecule has 1 unspecified atom stereocenters. The molecular formula is C10H17NO6S. The highest BCUT2D eigenvalue weighted by molar-refractivity contribution is 7.91. The van der Waals surface area contributed by atoms with Crippen LogP contribution in [0.4, 0.5) is 4.79 Å². The van der Waals surface area contributed by atoms with Crippen LogP contribution in [0.1, 0.15) is 27.2 Å². The van der Waals surface area contributed by atoms with Crippen molar-refractivity contribution in [1.29, 1.82) is 0 Å². The third-order valence-corrected chi connectivity index (χ3v) is 3.86. The monoisotopic (exact) mass is 279 g/mol. The Hall–Kier alpha value is -1.31. The quantitative estimate of drug-likeness (QED) is 0.748. The van der Waals surface area contributed by atoms with Crippen LogP contribution in [0, 0.1) is 0 Å². The number of carboxylic acids is 1. The Morgan fingerprint density at radius 2 is 1.89 bits per heavy atom. The van der Waals surface area contributed by atoms with E-state index in [2.05, 4.69) is 0 Å². The van der Waals surface area contributed by atoms with Crippen LogP contribution in [-0.2, 0) is 19.4 Å². The molecule has 1 aliphatic rings. The molecule has 0 radical (unpaired) electrons. The smallest absolute Gasteiger partial charge is 0.411 e. The van der Waals surface area contributed by atoms with Gasteiger partial charge >= 0.3 is 12.1 Å². The van der Waals surface area contributed by atoms with E-state index in [1.165, 1.54) is 0 Å². The van der Waals surface area contributed by atoms with Crippen molar-refractivity contribution in [2.24, 2.45) is 0 Å². The summed E-state index contributed by atoms with van der Waals surface area (Å²) >= 11 is 0. The highest BCUT2D eigenvalue weighted by Gasteiger charge is 2.40. The number of aliphatic carboxylic acids is 1. The van der Waals surface area contributed by atoms with Crippen molar-refractivity contribution in [2.45, 2.75) is 38.8 Å². The topological polar surface area (TPSA) is 101 Å². The fourth-order valence-corrected chi connectivity index (χ4v) is 2.99. The van der Waals surface area contributed by atoms with Crippen molar-refractivity contribution in [3.63, 3.8) is 0 Å². The first kappa shape index (κ1) is 14.7. The van der Waals surface area contributed by atoms with Gasteiger partial charge < -0.3 is 9.84 Å². The molecule has 8 heteroatoms. The maximum absolute atomic E-state index is 11.8. The van der Waals surface area contributed by atoms with Crippen LogP contribution in [0.15, 0.2) is 0 Å². The lowest BCUT2D eigenvalue weighted by molar-refractivity contribution is -0.143. The first-order valence-corrected chi connectivity index (χ1v) is 7.27. The van der Waals surface area contributed by atoms with E-state index in [1.54, 1.807) is 20.8 Å². The molecule has 7 nitrogen and oxygen atoms in total. The van der Waals surface area contributed by atoms with Gasteiger partial charge in [-0.1, -0.05) is 0 Å². The Balaban J connectivity index is 2.92. The van der Waals surface area contributed by atoms with Gasteiger partial charge in [0.25, 0.3) is 0 Å². The van der Waals surface area contributed by atoms with E-state index < -0.39 is 39.4 Å². The van der Waals surface area contributed by atoms with E-state index in [-0.39, 0.29) is 12.2 Å². The normalized spacial score (nSPS) is 23.5. The molecule has 0 spiro atoms. The summed E-state index contributed by atoms with van der Waals surface area (Å²) in [6, 6.07) is -1.15. The van der Waals surface area contributed by atoms with Crippen LogP contribution in [0.2, 0.25) is 0 Å². The highest BCUT2D eigenvalue weighted by Crippen LogP contribution is 2.19. The number of sulfone groups is 1. The van der Waals surface area contributed by atoms with E-state index in [1.807, 2.05) is 0 Å². The summed E-state index contributed by atoms with van der Waals surface area (Å²) in [5.41, 5.74) is -0.804. The molecule has 0 saturated carbocycles. The van der Waals surface area contributed by atoms with Gasteiger partial charge in [0.05, 0.1) is 5.75 Å². The Labute approximate surface area is 106 Å². The van der Waals surface area contributed by atoms with E-state index >= 15 is 0 Å². The lowest BCUT2D eigenvalue weighted by atomic mass is 10.2. The van der Waals surface area contributed by atoms with Crippen molar-refractivity contribution in [2.75, 3.05) is 11.6 Å². The number of amides is 1. The van der Waals surface area contributed by atoms with Crippen LogP contribution < -0.4 is 0 Å². The SMILES string of the molecule is CC(C)(C)OC(=O)N1CS(=O)(=O)CCC1C(=O)O. The number of ether oxygens (including phenoxy) is 1. The summed E-state index contributed by atoms with van der Waals surface area (Å²) in [7, 11) is -3.44. The average molecular weight is 279 g/mol. The first-order chi connectivity index (χ1) is 8.02. The fourth-order valence-electron chi connectivity index (χ4n) is 1.57. The zero-order valence-corrected chi connectivity index (χ0v) is 11.4. The van der Waals surface area contributed by atoms with Crippen LogP contribution in [0.3, 0.4) is 0 Å². The molecule has 1 aliphatic heterocycles. The maximum Gasteiger partial charge on any atom is 0.411 e. The average Bonchev–Trinajstić information content (AvgIpc) is 2.12. The summed E-state index contributed by atoms with van der Waals surface area (Å²) in [4.78, 5) is 23.6. The Morgan fingerprint density at radius 3 is 2.33 bits per heavy atom. The molecule has 104 valence electrons. The minimum Gasteiger partial charge on any atom is -0.480 e. The van der Waals surface area contributed by atoms with E-state index in [0.29, 0.717) is 0 Å². The minimum absolute atomic E-state index is 0.114. The zero-order chi connectivity index (χ0) is 14.1. The fraction of sp³-hybridized carbons (Fsp3) is 0.800. The number of carboxylic acid groups (broad SMARTS) is 1. The van der Waals surface area contributed by atoms with Crippen LogP contribution in [0.25, 0.3) is 0 Å². The number of hydrogen-bond donors (Lipinski definition) is 1. The molecule has 1 saturated heterocycles. The molecule has 0 aliphatic carbocycles. The predicted octanol–water partition coefficient (Wildman–Crippen LogP) is 0.453. The van der Waals surface area contributed by atoms with Crippen molar-refractivity contribution >= 4 is 21.9 Å². The first-order valence-electron chi connectivity index (χ1n) is 5.45. The van der Waals surface area contributed by atoms with Crippen LogP contribution >= 0.6 is 0 Å². The molecule has 1 heterocycles. The summed E-state index contributed by atoms with van der Waals surface area (Å²) in [5, 5.41) is 8.98. The number of hydrogen-bond acceptors (Lipinski definition) is 5. The number of carbonyl (C=O) groups excluding carboxylic acids is 1. The summed E-state index contributed by atoms with van der Waals surface area (Å²) in [6.07, 6.45) is -1.03. The number of carbonyl (C=O) groups is 2. The standard InChI is InChI=1S/C10H17NO6S/c1-10(2,3)17-9(14)11-6-18(15,16)5-4-7(11)8(12)13/h7H,4-6H2,1-3H3,(H,12,13). The van der Waals surface area contributed by atoms with Gasteiger partial charge in [0.2, 0.25) is 0 Å². The van der Waals surface area contributed by atoms with Crippen LogP contribution in [0.5, 0.6) is 0 Å². The van der Waals surface area contributed by atoms with Gasteiger partial charge in [-0.2, -0.15) is 0 Å². The maximum atomic E-state index is 11.8. The van der Waals surface area contributed by atoms with Gasteiger partial charge in [-0.15, -0.1) is 0 Å². The van der Waals surface area contributed by atoms with Gasteiger partial charge in [0.15, 0.2) is 9.84 Å². The van der Waals surface area contributed by atoms with Gasteiger partial charge in [-0.3, -0.25) is 4.90 Å². The van der Waals surface area contributed by atoms with Gasteiger partial charge in [-0.25, -0.2) is 18.0 Å². The molecule has 0 aromatic carbocycles. The third kappa shape index (κ3) is 3.86. The molecule has 1 amide bonds. The van der Waals surface area contributed by atoms with E-state index in [4.69, 9.17) is 9.84 Å². The second-order valence-electron chi connectivity index (χ2n) is 5.17. The van der Waals surface area contributed by atoms with E-state index in [0.717, 1.165) is 4.90 Å². The largest absolute Gasteiger partial charge is 0.480 e. The lowest BCUT2D eigenvalue weighted by Gasteiger charge is -2.33. The van der Waals surface area contributed by atoms with Crippen LogP contribution in [-0.4, -0.2) is 53.8 Å². The Kier molecular flexibility index (Phi) is 3.89. The molecule has 1 rings (SSSR count). The van der Waals surface area contributed by atoms with E-state index in [9.17, 15) is 18.0 Å². The van der Waals surface area contributed by atoms with Gasteiger partial charge in [0, 0.05) is 0 Å². The highest BCUT2D eigenvalue weighted by atomic mass is 32.2. The summed E-state index contributed by atoms with van der Waals surface area (Å²) in [6.45, 7) is 4.87. The predicted molar refractivity (Wildman–Crippen MR) is 62.8 cm³/mol. The third-order valence-electron chi connectivity index (χ3n) is 2.33. The number of nitrogens with zero attached hydrogens (tertiary/aromatic N) is 1. The summed E-state index contributed by atoms with van der Waals surface area (Å²) < 4.78 is 27.9. The van der Waals surface area contributed by atoms with Crippen molar-refractivity contribution in [1.82, 2.24) is 4.90 Å². The molecule has 0 bridgehead atoms. The molecule has 1 atom stereocenters. The van der Waals surface area contributed by atoms with Gasteiger partial charge in [0.1, 0.15) is 17.5 Å². The Morgan fingerprint density at radius 1 is 1.33 bits per heavy atom. The Bertz CT molecular complexity index is 449. The second-order valence-corrected chi connectivity index (χ2v) is 7.32. The molecule has 1 N–H and O–H groups in total. The van der Waals surface area contributed by atoms with Gasteiger partial charge in [-0.05, 0) is 27.2 Å². The van der Waals surface area contributed by atoms with Crippen molar-refractivity contribution in [3.8, 4) is 0 Å². The molecule has 1 fully saturated rings.